The minimum Gasteiger partial charge on any atom is -0.264 e. The molecule has 3 heteroatoms. The number of hydrogen-bond donors (Lipinski definition) is 0. The third-order valence-electron chi connectivity index (χ3n) is 4.66. The summed E-state index contributed by atoms with van der Waals surface area (Å²) >= 11 is 0. The summed E-state index contributed by atoms with van der Waals surface area (Å²) in [4.78, 5) is 4.88. The molecule has 0 saturated heterocycles. The third kappa shape index (κ3) is 3.39. The van der Waals surface area contributed by atoms with Crippen molar-refractivity contribution in [3.63, 3.8) is 0 Å². The summed E-state index contributed by atoms with van der Waals surface area (Å²) in [5.41, 5.74) is 2.70. The molecule has 1 atom stereocenters. The number of guanidine groups is 1. The molecule has 1 heterocycles. The van der Waals surface area contributed by atoms with Crippen LogP contribution in [0.25, 0.3) is 0 Å². The van der Waals surface area contributed by atoms with Crippen molar-refractivity contribution < 1.29 is 4.58 Å². The molecule has 1 aliphatic heterocycles. The summed E-state index contributed by atoms with van der Waals surface area (Å²) in [5, 5.41) is 0. The quantitative estimate of drug-likeness (QED) is 0.803. The summed E-state index contributed by atoms with van der Waals surface area (Å²) in [6, 6.07) is 21.8. The second-order valence-corrected chi connectivity index (χ2v) is 6.34. The van der Waals surface area contributed by atoms with Gasteiger partial charge in [-0.15, -0.1) is 0 Å². The molecule has 0 aromatic heterocycles. The Labute approximate surface area is 139 Å². The minimum atomic E-state index is 0.328. The molecule has 0 bridgehead atoms. The van der Waals surface area contributed by atoms with E-state index in [2.05, 4.69) is 96.1 Å². The van der Waals surface area contributed by atoms with Gasteiger partial charge in [0.1, 0.15) is 6.04 Å². The minimum absolute atomic E-state index is 0.328. The molecule has 3 nitrogen and oxygen atoms in total. The van der Waals surface area contributed by atoms with Gasteiger partial charge in [-0.25, -0.2) is 0 Å². The van der Waals surface area contributed by atoms with Gasteiger partial charge in [0.25, 0.3) is 0 Å². The molecule has 1 aliphatic rings. The molecular formula is C20H26N3+. The Kier molecular flexibility index (Phi) is 4.65. The van der Waals surface area contributed by atoms with Gasteiger partial charge in [-0.05, 0) is 18.1 Å². The summed E-state index contributed by atoms with van der Waals surface area (Å²) < 4.78 is 2.36. The number of hydrogen-bond acceptors (Lipinski definition) is 2. The van der Waals surface area contributed by atoms with Crippen molar-refractivity contribution in [1.29, 1.82) is 0 Å². The van der Waals surface area contributed by atoms with Gasteiger partial charge in [-0.3, -0.25) is 14.4 Å². The number of nitrogens with zero attached hydrogens (tertiary/aromatic N) is 3. The van der Waals surface area contributed by atoms with Gasteiger partial charge in [0.15, 0.2) is 0 Å². The normalized spacial score (nSPS) is 15.9. The van der Waals surface area contributed by atoms with Crippen LogP contribution in [0.1, 0.15) is 24.1 Å². The highest BCUT2D eigenvalue weighted by Crippen LogP contribution is 2.24. The molecule has 0 spiro atoms. The van der Waals surface area contributed by atoms with Gasteiger partial charge in [0.2, 0.25) is 0 Å². The Balaban J connectivity index is 1.95. The second kappa shape index (κ2) is 6.86. The second-order valence-electron chi connectivity index (χ2n) is 6.34. The van der Waals surface area contributed by atoms with E-state index in [0.29, 0.717) is 6.04 Å². The molecule has 0 N–H and O–H groups in total. The van der Waals surface area contributed by atoms with E-state index in [1.807, 2.05) is 0 Å². The fourth-order valence-electron chi connectivity index (χ4n) is 3.30. The van der Waals surface area contributed by atoms with Crippen LogP contribution in [0.5, 0.6) is 0 Å². The van der Waals surface area contributed by atoms with Crippen molar-refractivity contribution in [2.45, 2.75) is 19.5 Å². The van der Waals surface area contributed by atoms with Gasteiger partial charge < -0.3 is 0 Å². The van der Waals surface area contributed by atoms with Crippen LogP contribution in [0.4, 0.5) is 0 Å². The van der Waals surface area contributed by atoms with Crippen molar-refractivity contribution in [2.75, 3.05) is 27.2 Å². The smallest absolute Gasteiger partial charge is 0.264 e. The van der Waals surface area contributed by atoms with Crippen molar-refractivity contribution in [2.24, 2.45) is 0 Å². The lowest BCUT2D eigenvalue weighted by atomic mass is 10.1. The standard InChI is InChI=1S/C20H26N3/c1-17(19-12-8-5-9-13-19)23(16-18-10-6-4-7-11-18)20-21(2)14-15-22(20)3/h4-13,17H,14-16H2,1-3H3/q+1/t17-/m1/s1. The molecule has 23 heavy (non-hydrogen) atoms. The number of likely N-dealkylation sites (N-methyl/N-ethyl adjacent to an activating group) is 2. The maximum atomic E-state index is 2.51. The summed E-state index contributed by atoms with van der Waals surface area (Å²) in [6.07, 6.45) is 0. The molecule has 0 fully saturated rings. The predicted molar refractivity (Wildman–Crippen MR) is 95.5 cm³/mol. The topological polar surface area (TPSA) is 9.49 Å². The Morgan fingerprint density at radius 2 is 1.65 bits per heavy atom. The van der Waals surface area contributed by atoms with Crippen LogP contribution < -0.4 is 0 Å². The van der Waals surface area contributed by atoms with Crippen LogP contribution in [0.15, 0.2) is 60.7 Å². The monoisotopic (exact) mass is 308 g/mol. The number of benzene rings is 2. The lowest BCUT2D eigenvalue weighted by Gasteiger charge is -2.28. The van der Waals surface area contributed by atoms with Crippen LogP contribution in [0, 0.1) is 0 Å². The van der Waals surface area contributed by atoms with Gasteiger partial charge in [0.05, 0.1) is 33.7 Å². The van der Waals surface area contributed by atoms with Crippen molar-refractivity contribution in [1.82, 2.24) is 9.80 Å². The first-order valence-corrected chi connectivity index (χ1v) is 8.31. The molecule has 3 rings (SSSR count). The van der Waals surface area contributed by atoms with Crippen molar-refractivity contribution in [3.05, 3.63) is 71.8 Å². The lowest BCUT2D eigenvalue weighted by Crippen LogP contribution is -2.43. The first kappa shape index (κ1) is 15.6. The van der Waals surface area contributed by atoms with E-state index < -0.39 is 0 Å². The van der Waals surface area contributed by atoms with Crippen LogP contribution >= 0.6 is 0 Å². The molecule has 0 aliphatic carbocycles. The van der Waals surface area contributed by atoms with E-state index in [0.717, 1.165) is 19.6 Å². The maximum absolute atomic E-state index is 2.51. The van der Waals surface area contributed by atoms with E-state index in [4.69, 9.17) is 0 Å². The Morgan fingerprint density at radius 3 is 2.22 bits per heavy atom. The van der Waals surface area contributed by atoms with Crippen LogP contribution in [-0.4, -0.2) is 47.5 Å². The van der Waals surface area contributed by atoms with Crippen LogP contribution in [-0.2, 0) is 6.54 Å². The highest BCUT2D eigenvalue weighted by atomic mass is 15.4. The van der Waals surface area contributed by atoms with Gasteiger partial charge >= 0.3 is 5.96 Å². The van der Waals surface area contributed by atoms with E-state index in [9.17, 15) is 0 Å². The molecular weight excluding hydrogens is 282 g/mol. The molecule has 0 unspecified atom stereocenters. The van der Waals surface area contributed by atoms with E-state index in [-0.39, 0.29) is 0 Å². The van der Waals surface area contributed by atoms with Crippen LogP contribution in [0.3, 0.4) is 0 Å². The van der Waals surface area contributed by atoms with E-state index in [1.54, 1.807) is 0 Å². The van der Waals surface area contributed by atoms with Gasteiger partial charge in [0, 0.05) is 0 Å². The number of rotatable bonds is 4. The molecule has 0 radical (unpaired) electrons. The van der Waals surface area contributed by atoms with Crippen molar-refractivity contribution >= 4 is 5.96 Å². The Hall–Kier alpha value is -2.29. The maximum Gasteiger partial charge on any atom is 0.351 e. The predicted octanol–water partition coefficient (Wildman–Crippen LogP) is 3.19. The van der Waals surface area contributed by atoms with Gasteiger partial charge in [-0.2, -0.15) is 0 Å². The zero-order chi connectivity index (χ0) is 16.2. The van der Waals surface area contributed by atoms with Crippen LogP contribution in [0.2, 0.25) is 0 Å². The van der Waals surface area contributed by atoms with Gasteiger partial charge in [-0.1, -0.05) is 60.7 Å². The lowest BCUT2D eigenvalue weighted by molar-refractivity contribution is -0.492. The fourth-order valence-corrected chi connectivity index (χ4v) is 3.30. The molecule has 0 amide bonds. The highest BCUT2D eigenvalue weighted by molar-refractivity contribution is 5.76. The zero-order valence-corrected chi connectivity index (χ0v) is 14.3. The molecule has 2 aromatic rings. The molecule has 120 valence electrons. The molecule has 0 saturated carbocycles. The van der Waals surface area contributed by atoms with E-state index >= 15 is 0 Å². The summed E-state index contributed by atoms with van der Waals surface area (Å²) in [5.74, 6) is 1.31. The highest BCUT2D eigenvalue weighted by Gasteiger charge is 2.34. The first-order chi connectivity index (χ1) is 11.2. The summed E-state index contributed by atoms with van der Waals surface area (Å²) in [6.45, 7) is 5.38. The third-order valence-corrected chi connectivity index (χ3v) is 4.66. The first-order valence-electron chi connectivity index (χ1n) is 8.31. The Morgan fingerprint density at radius 1 is 1.04 bits per heavy atom. The fraction of sp³-hybridized carbons (Fsp3) is 0.350. The Bertz CT molecular complexity index is 664. The average molecular weight is 308 g/mol. The largest absolute Gasteiger partial charge is 0.351 e. The zero-order valence-electron chi connectivity index (χ0n) is 14.3. The van der Waals surface area contributed by atoms with Crippen molar-refractivity contribution in [3.8, 4) is 0 Å². The van der Waals surface area contributed by atoms with E-state index in [1.165, 1.54) is 17.1 Å². The SMILES string of the molecule is C[C@H](c1ccccc1)N(Cc1ccccc1)C1=[N+](C)CCN1C. The average Bonchev–Trinajstić information content (AvgIpc) is 2.92. The summed E-state index contributed by atoms with van der Waals surface area (Å²) in [7, 11) is 4.38. The molecule has 2 aromatic carbocycles.